The smallest absolute Gasteiger partial charge is 0.118 e. The van der Waals surface area contributed by atoms with E-state index in [9.17, 15) is 10.2 Å². The first-order valence-electron chi connectivity index (χ1n) is 7.54. The van der Waals surface area contributed by atoms with Gasteiger partial charge in [0.25, 0.3) is 0 Å². The van der Waals surface area contributed by atoms with E-state index >= 15 is 0 Å². The van der Waals surface area contributed by atoms with Gasteiger partial charge >= 0.3 is 0 Å². The summed E-state index contributed by atoms with van der Waals surface area (Å²) in [4.78, 5) is 0. The van der Waals surface area contributed by atoms with Gasteiger partial charge in [0.1, 0.15) is 5.75 Å². The SMILES string of the molecule is CCCCCC[C@@H](O)C[C@@](C)(O)c1ccc(OC)cc1. The summed E-state index contributed by atoms with van der Waals surface area (Å²) in [7, 11) is 1.62. The number of aliphatic hydroxyl groups excluding tert-OH is 1. The Morgan fingerprint density at radius 3 is 2.35 bits per heavy atom. The molecule has 0 aliphatic carbocycles. The molecule has 1 rings (SSSR count). The van der Waals surface area contributed by atoms with E-state index in [-0.39, 0.29) is 0 Å². The van der Waals surface area contributed by atoms with Crippen LogP contribution in [0.25, 0.3) is 0 Å². The van der Waals surface area contributed by atoms with Crippen molar-refractivity contribution in [2.75, 3.05) is 7.11 Å². The van der Waals surface area contributed by atoms with Gasteiger partial charge in [0.15, 0.2) is 0 Å². The second-order valence-corrected chi connectivity index (χ2v) is 5.71. The maximum atomic E-state index is 10.5. The summed E-state index contributed by atoms with van der Waals surface area (Å²) in [5.41, 5.74) is -0.193. The highest BCUT2D eigenvalue weighted by Gasteiger charge is 2.26. The molecule has 0 unspecified atom stereocenters. The van der Waals surface area contributed by atoms with Crippen LogP contribution >= 0.6 is 0 Å². The maximum Gasteiger partial charge on any atom is 0.118 e. The lowest BCUT2D eigenvalue weighted by Crippen LogP contribution is -2.27. The molecular weight excluding hydrogens is 252 g/mol. The van der Waals surface area contributed by atoms with Crippen molar-refractivity contribution in [3.05, 3.63) is 29.8 Å². The van der Waals surface area contributed by atoms with Gasteiger partial charge in [0.2, 0.25) is 0 Å². The van der Waals surface area contributed by atoms with Crippen LogP contribution in [0.15, 0.2) is 24.3 Å². The molecule has 114 valence electrons. The first kappa shape index (κ1) is 17.0. The number of unbranched alkanes of at least 4 members (excludes halogenated alkanes) is 3. The average Bonchev–Trinajstić information content (AvgIpc) is 2.43. The van der Waals surface area contributed by atoms with Crippen LogP contribution in [0.5, 0.6) is 5.75 Å². The topological polar surface area (TPSA) is 49.7 Å². The fraction of sp³-hybridized carbons (Fsp3) is 0.647. The predicted octanol–water partition coefficient (Wildman–Crippen LogP) is 3.62. The number of methoxy groups -OCH3 is 1. The van der Waals surface area contributed by atoms with E-state index < -0.39 is 11.7 Å². The van der Waals surface area contributed by atoms with Crippen molar-refractivity contribution in [2.24, 2.45) is 0 Å². The lowest BCUT2D eigenvalue weighted by atomic mass is 9.88. The van der Waals surface area contributed by atoms with E-state index in [0.717, 1.165) is 30.6 Å². The zero-order valence-corrected chi connectivity index (χ0v) is 12.9. The summed E-state index contributed by atoms with van der Waals surface area (Å²) >= 11 is 0. The van der Waals surface area contributed by atoms with Crippen LogP contribution in [0, 0.1) is 0 Å². The monoisotopic (exact) mass is 280 g/mol. The number of hydrogen-bond acceptors (Lipinski definition) is 3. The van der Waals surface area contributed by atoms with Gasteiger partial charge < -0.3 is 14.9 Å². The number of aliphatic hydroxyl groups is 2. The molecule has 1 aromatic rings. The molecule has 0 bridgehead atoms. The molecule has 0 aliphatic rings. The summed E-state index contributed by atoms with van der Waals surface area (Å²) in [6.45, 7) is 3.93. The minimum atomic E-state index is -1.00. The number of ether oxygens (including phenoxy) is 1. The molecule has 0 radical (unpaired) electrons. The Bertz CT molecular complexity index is 370. The first-order chi connectivity index (χ1) is 9.49. The molecular formula is C17H28O3. The molecule has 3 nitrogen and oxygen atoms in total. The standard InChI is InChI=1S/C17H28O3/c1-4-5-6-7-8-15(18)13-17(2,19)14-9-11-16(20-3)12-10-14/h9-12,15,18-19H,4-8,13H2,1-3H3/t15-,17-/m1/s1. The van der Waals surface area contributed by atoms with Gasteiger partial charge in [-0.05, 0) is 31.0 Å². The van der Waals surface area contributed by atoms with Crippen LogP contribution in [-0.2, 0) is 5.60 Å². The van der Waals surface area contributed by atoms with E-state index in [1.807, 2.05) is 24.3 Å². The van der Waals surface area contributed by atoms with Gasteiger partial charge in [-0.3, -0.25) is 0 Å². The Morgan fingerprint density at radius 2 is 1.80 bits per heavy atom. The van der Waals surface area contributed by atoms with E-state index in [1.54, 1.807) is 14.0 Å². The molecule has 0 saturated heterocycles. The normalized spacial score (nSPS) is 15.7. The van der Waals surface area contributed by atoms with Crippen LogP contribution < -0.4 is 4.74 Å². The second-order valence-electron chi connectivity index (χ2n) is 5.71. The fourth-order valence-electron chi connectivity index (χ4n) is 2.44. The van der Waals surface area contributed by atoms with Gasteiger partial charge in [-0.1, -0.05) is 44.7 Å². The van der Waals surface area contributed by atoms with Gasteiger partial charge in [-0.25, -0.2) is 0 Å². The molecule has 3 heteroatoms. The van der Waals surface area contributed by atoms with Gasteiger partial charge in [-0.2, -0.15) is 0 Å². The summed E-state index contributed by atoms with van der Waals surface area (Å²) < 4.78 is 5.11. The fourth-order valence-corrected chi connectivity index (χ4v) is 2.44. The van der Waals surface area contributed by atoms with E-state index in [2.05, 4.69) is 6.92 Å². The molecule has 0 aromatic heterocycles. The quantitative estimate of drug-likeness (QED) is 0.679. The van der Waals surface area contributed by atoms with E-state index in [4.69, 9.17) is 4.74 Å². The maximum absolute atomic E-state index is 10.5. The minimum absolute atomic E-state index is 0.367. The Morgan fingerprint density at radius 1 is 1.15 bits per heavy atom. The van der Waals surface area contributed by atoms with Gasteiger partial charge in [0.05, 0.1) is 18.8 Å². The third-order valence-electron chi connectivity index (χ3n) is 3.74. The Kier molecular flexibility index (Phi) is 7.03. The number of benzene rings is 1. The molecule has 20 heavy (non-hydrogen) atoms. The lowest BCUT2D eigenvalue weighted by molar-refractivity contribution is -0.00299. The highest BCUT2D eigenvalue weighted by atomic mass is 16.5. The summed E-state index contributed by atoms with van der Waals surface area (Å²) in [5, 5.41) is 20.6. The third-order valence-corrected chi connectivity index (χ3v) is 3.74. The third kappa shape index (κ3) is 5.51. The van der Waals surface area contributed by atoms with Gasteiger partial charge in [-0.15, -0.1) is 0 Å². The van der Waals surface area contributed by atoms with Crippen molar-refractivity contribution in [1.82, 2.24) is 0 Å². The lowest BCUT2D eigenvalue weighted by Gasteiger charge is -2.27. The highest BCUT2D eigenvalue weighted by Crippen LogP contribution is 2.28. The Hall–Kier alpha value is -1.06. The zero-order chi connectivity index (χ0) is 15.0. The van der Waals surface area contributed by atoms with Crippen molar-refractivity contribution >= 4 is 0 Å². The summed E-state index contributed by atoms with van der Waals surface area (Å²) in [5.74, 6) is 0.768. The Labute approximate surface area is 122 Å². The summed E-state index contributed by atoms with van der Waals surface area (Å²) in [6, 6.07) is 7.36. The van der Waals surface area contributed by atoms with Crippen molar-refractivity contribution in [3.8, 4) is 5.75 Å². The van der Waals surface area contributed by atoms with Crippen molar-refractivity contribution in [1.29, 1.82) is 0 Å². The molecule has 0 spiro atoms. The van der Waals surface area contributed by atoms with Crippen LogP contribution in [0.3, 0.4) is 0 Å². The van der Waals surface area contributed by atoms with Crippen LogP contribution in [0.4, 0.5) is 0 Å². The largest absolute Gasteiger partial charge is 0.497 e. The molecule has 2 atom stereocenters. The molecule has 0 aliphatic heterocycles. The molecule has 2 N–H and O–H groups in total. The van der Waals surface area contributed by atoms with Crippen LogP contribution in [-0.4, -0.2) is 23.4 Å². The van der Waals surface area contributed by atoms with E-state index in [0.29, 0.717) is 6.42 Å². The minimum Gasteiger partial charge on any atom is -0.497 e. The van der Waals surface area contributed by atoms with Gasteiger partial charge in [0, 0.05) is 6.42 Å². The molecule has 0 saturated carbocycles. The van der Waals surface area contributed by atoms with Crippen molar-refractivity contribution < 1.29 is 14.9 Å². The van der Waals surface area contributed by atoms with Crippen molar-refractivity contribution in [3.63, 3.8) is 0 Å². The van der Waals surface area contributed by atoms with Crippen LogP contribution in [0.1, 0.15) is 57.9 Å². The highest BCUT2D eigenvalue weighted by molar-refractivity contribution is 5.30. The average molecular weight is 280 g/mol. The molecule has 0 fully saturated rings. The summed E-state index contributed by atoms with van der Waals surface area (Å²) in [6.07, 6.45) is 5.24. The zero-order valence-electron chi connectivity index (χ0n) is 12.9. The molecule has 0 heterocycles. The molecule has 0 amide bonds. The van der Waals surface area contributed by atoms with Crippen LogP contribution in [0.2, 0.25) is 0 Å². The van der Waals surface area contributed by atoms with Crippen molar-refractivity contribution in [2.45, 2.75) is 64.1 Å². The molecule has 1 aromatic carbocycles. The Balaban J connectivity index is 2.50. The number of hydrogen-bond donors (Lipinski definition) is 2. The predicted molar refractivity (Wildman–Crippen MR) is 81.9 cm³/mol. The van der Waals surface area contributed by atoms with E-state index in [1.165, 1.54) is 12.8 Å². The number of rotatable bonds is 9. The first-order valence-corrected chi connectivity index (χ1v) is 7.54. The second kappa shape index (κ2) is 8.28.